The Bertz CT molecular complexity index is 746. The Kier molecular flexibility index (Phi) is 4.26. The highest BCUT2D eigenvalue weighted by Crippen LogP contribution is 2.31. The van der Waals surface area contributed by atoms with Crippen LogP contribution in [0.25, 0.3) is 11.5 Å². The van der Waals surface area contributed by atoms with Crippen molar-refractivity contribution in [3.8, 4) is 11.5 Å². The minimum atomic E-state index is 0.544. The van der Waals surface area contributed by atoms with Crippen LogP contribution in [0, 0.1) is 0 Å². The fraction of sp³-hybridized carbons (Fsp3) is 0.0667. The highest BCUT2D eigenvalue weighted by Gasteiger charge is 2.09. The van der Waals surface area contributed by atoms with Crippen molar-refractivity contribution in [2.75, 3.05) is 5.73 Å². The highest BCUT2D eigenvalue weighted by molar-refractivity contribution is 9.10. The Balaban J connectivity index is 1.70. The molecule has 0 fully saturated rings. The molecule has 2 N–H and O–H groups in total. The van der Waals surface area contributed by atoms with Crippen molar-refractivity contribution in [2.45, 2.75) is 10.6 Å². The molecule has 0 bridgehead atoms. The predicted octanol–water partition coefficient (Wildman–Crippen LogP) is 4.37. The van der Waals surface area contributed by atoms with Gasteiger partial charge in [-0.15, -0.1) is 11.8 Å². The van der Waals surface area contributed by atoms with Crippen LogP contribution in [0.1, 0.15) is 5.82 Å². The molecule has 6 heteroatoms. The quantitative estimate of drug-likeness (QED) is 0.551. The lowest BCUT2D eigenvalue weighted by molar-refractivity contribution is 0.425. The summed E-state index contributed by atoms with van der Waals surface area (Å²) < 4.78 is 6.25. The van der Waals surface area contributed by atoms with E-state index in [0.29, 0.717) is 17.5 Å². The molecule has 3 aromatic rings. The molecule has 0 unspecified atom stereocenters. The molecule has 106 valence electrons. The first-order valence-electron chi connectivity index (χ1n) is 6.28. The van der Waals surface area contributed by atoms with Crippen molar-refractivity contribution in [3.05, 3.63) is 58.8 Å². The molecule has 0 saturated heterocycles. The first-order valence-corrected chi connectivity index (χ1v) is 8.06. The Labute approximate surface area is 134 Å². The second kappa shape index (κ2) is 6.32. The van der Waals surface area contributed by atoms with Gasteiger partial charge in [0, 0.05) is 20.6 Å². The summed E-state index contributed by atoms with van der Waals surface area (Å²) in [5, 5.41) is 4.01. The summed E-state index contributed by atoms with van der Waals surface area (Å²) in [6.45, 7) is 0. The van der Waals surface area contributed by atoms with Gasteiger partial charge < -0.3 is 10.3 Å². The zero-order chi connectivity index (χ0) is 14.7. The van der Waals surface area contributed by atoms with Crippen molar-refractivity contribution < 1.29 is 4.52 Å². The number of nitrogen functional groups attached to an aromatic ring is 1. The maximum atomic E-state index is 5.72. The molecule has 1 heterocycles. The van der Waals surface area contributed by atoms with Gasteiger partial charge in [-0.1, -0.05) is 23.4 Å². The smallest absolute Gasteiger partial charge is 0.257 e. The van der Waals surface area contributed by atoms with Crippen LogP contribution in [0.3, 0.4) is 0 Å². The molecule has 0 aliphatic rings. The van der Waals surface area contributed by atoms with Gasteiger partial charge in [-0.3, -0.25) is 0 Å². The van der Waals surface area contributed by atoms with Crippen LogP contribution in [0.5, 0.6) is 0 Å². The number of benzene rings is 2. The molecule has 0 amide bonds. The maximum absolute atomic E-state index is 5.72. The third-order valence-corrected chi connectivity index (χ3v) is 4.79. The fourth-order valence-electron chi connectivity index (χ4n) is 1.79. The summed E-state index contributed by atoms with van der Waals surface area (Å²) in [5.74, 6) is 1.85. The third kappa shape index (κ3) is 3.46. The van der Waals surface area contributed by atoms with E-state index in [1.807, 2.05) is 48.5 Å². The van der Waals surface area contributed by atoms with Crippen LogP contribution < -0.4 is 5.73 Å². The number of hydrogen-bond donors (Lipinski definition) is 1. The Morgan fingerprint density at radius 2 is 1.95 bits per heavy atom. The Morgan fingerprint density at radius 3 is 2.71 bits per heavy atom. The molecule has 4 nitrogen and oxygen atoms in total. The minimum absolute atomic E-state index is 0.544. The van der Waals surface area contributed by atoms with E-state index in [2.05, 4.69) is 26.1 Å². The summed E-state index contributed by atoms with van der Waals surface area (Å²) in [7, 11) is 0. The van der Waals surface area contributed by atoms with Crippen LogP contribution in [-0.2, 0) is 5.75 Å². The third-order valence-electron chi connectivity index (χ3n) is 2.80. The average molecular weight is 362 g/mol. The fourth-order valence-corrected chi connectivity index (χ4v) is 3.29. The van der Waals surface area contributed by atoms with E-state index in [1.165, 1.54) is 0 Å². The summed E-state index contributed by atoms with van der Waals surface area (Å²) in [4.78, 5) is 5.50. The normalized spacial score (nSPS) is 10.7. The largest absolute Gasteiger partial charge is 0.399 e. The number of nitrogens with two attached hydrogens (primary N) is 1. The zero-order valence-corrected chi connectivity index (χ0v) is 13.4. The first-order chi connectivity index (χ1) is 10.2. The molecule has 1 aromatic heterocycles. The van der Waals surface area contributed by atoms with Crippen molar-refractivity contribution in [1.82, 2.24) is 10.1 Å². The molecule has 2 aromatic carbocycles. The van der Waals surface area contributed by atoms with Gasteiger partial charge in [0.25, 0.3) is 5.89 Å². The number of aromatic nitrogens is 2. The van der Waals surface area contributed by atoms with Crippen molar-refractivity contribution in [1.29, 1.82) is 0 Å². The summed E-state index contributed by atoms with van der Waals surface area (Å²) in [5.41, 5.74) is 7.38. The average Bonchev–Trinajstić information content (AvgIpc) is 2.96. The summed E-state index contributed by atoms with van der Waals surface area (Å²) in [6.07, 6.45) is 0. The van der Waals surface area contributed by atoms with Gasteiger partial charge in [-0.05, 0) is 46.3 Å². The molecule has 0 spiro atoms. The summed E-state index contributed by atoms with van der Waals surface area (Å²) in [6, 6.07) is 15.5. The monoisotopic (exact) mass is 361 g/mol. The van der Waals surface area contributed by atoms with Gasteiger partial charge in [0.15, 0.2) is 5.82 Å². The van der Waals surface area contributed by atoms with Crippen LogP contribution in [0.15, 0.2) is 62.4 Å². The van der Waals surface area contributed by atoms with Crippen molar-refractivity contribution in [2.24, 2.45) is 0 Å². The molecule has 0 saturated carbocycles. The number of nitrogens with zero attached hydrogens (tertiary/aromatic N) is 2. The molecule has 21 heavy (non-hydrogen) atoms. The van der Waals surface area contributed by atoms with Crippen LogP contribution in [0.4, 0.5) is 5.69 Å². The molecule has 0 radical (unpaired) electrons. The van der Waals surface area contributed by atoms with Crippen LogP contribution in [-0.4, -0.2) is 10.1 Å². The zero-order valence-electron chi connectivity index (χ0n) is 11.0. The van der Waals surface area contributed by atoms with E-state index in [1.54, 1.807) is 11.8 Å². The van der Waals surface area contributed by atoms with Gasteiger partial charge in [-0.2, -0.15) is 4.98 Å². The van der Waals surface area contributed by atoms with E-state index in [-0.39, 0.29) is 0 Å². The van der Waals surface area contributed by atoms with Crippen LogP contribution >= 0.6 is 27.7 Å². The maximum Gasteiger partial charge on any atom is 0.257 e. The predicted molar refractivity (Wildman–Crippen MR) is 87.8 cm³/mol. The van der Waals surface area contributed by atoms with E-state index in [4.69, 9.17) is 10.3 Å². The lowest BCUT2D eigenvalue weighted by Gasteiger charge is -2.02. The summed E-state index contributed by atoms with van der Waals surface area (Å²) >= 11 is 5.13. The van der Waals surface area contributed by atoms with Gasteiger partial charge in [-0.25, -0.2) is 0 Å². The van der Waals surface area contributed by atoms with E-state index < -0.39 is 0 Å². The number of anilines is 1. The SMILES string of the molecule is Nc1ccc(SCc2noc(-c3ccccc3)n2)c(Br)c1. The molecule has 0 atom stereocenters. The molecular weight excluding hydrogens is 350 g/mol. The van der Waals surface area contributed by atoms with E-state index in [0.717, 1.165) is 20.6 Å². The van der Waals surface area contributed by atoms with E-state index >= 15 is 0 Å². The minimum Gasteiger partial charge on any atom is -0.399 e. The lowest BCUT2D eigenvalue weighted by Crippen LogP contribution is -1.87. The van der Waals surface area contributed by atoms with Gasteiger partial charge in [0.2, 0.25) is 0 Å². The molecule has 0 aliphatic carbocycles. The van der Waals surface area contributed by atoms with Crippen LogP contribution in [0.2, 0.25) is 0 Å². The standard InChI is InChI=1S/C15H12BrN3OS/c16-12-8-11(17)6-7-13(12)21-9-14-18-15(20-19-14)10-4-2-1-3-5-10/h1-8H,9,17H2. The van der Waals surface area contributed by atoms with E-state index in [9.17, 15) is 0 Å². The van der Waals surface area contributed by atoms with Crippen molar-refractivity contribution in [3.63, 3.8) is 0 Å². The second-order valence-electron chi connectivity index (χ2n) is 4.36. The molecular formula is C15H12BrN3OS. The number of thioether (sulfide) groups is 1. The number of hydrogen-bond acceptors (Lipinski definition) is 5. The Morgan fingerprint density at radius 1 is 1.14 bits per heavy atom. The topological polar surface area (TPSA) is 64.9 Å². The first kappa shape index (κ1) is 14.2. The van der Waals surface area contributed by atoms with Gasteiger partial charge in [0.05, 0.1) is 5.75 Å². The van der Waals surface area contributed by atoms with Gasteiger partial charge in [0.1, 0.15) is 0 Å². The van der Waals surface area contributed by atoms with Crippen molar-refractivity contribution >= 4 is 33.4 Å². The molecule has 0 aliphatic heterocycles. The number of halogens is 1. The second-order valence-corrected chi connectivity index (χ2v) is 6.23. The highest BCUT2D eigenvalue weighted by atomic mass is 79.9. The Hall–Kier alpha value is -1.79. The number of rotatable bonds is 4. The lowest BCUT2D eigenvalue weighted by atomic mass is 10.2. The van der Waals surface area contributed by atoms with Gasteiger partial charge >= 0.3 is 0 Å². The molecule has 3 rings (SSSR count).